The molecule has 0 spiro atoms. The lowest BCUT2D eigenvalue weighted by Crippen LogP contribution is -2.17. The van der Waals surface area contributed by atoms with Gasteiger partial charge < -0.3 is 10.4 Å². The van der Waals surface area contributed by atoms with Crippen LogP contribution in [0.2, 0.25) is 0 Å². The van der Waals surface area contributed by atoms with E-state index in [9.17, 15) is 9.50 Å². The predicted molar refractivity (Wildman–Crippen MR) is 69.5 cm³/mol. The predicted octanol–water partition coefficient (Wildman–Crippen LogP) is 3.48. The van der Waals surface area contributed by atoms with Crippen LogP contribution in [-0.2, 0) is 0 Å². The van der Waals surface area contributed by atoms with Crippen molar-refractivity contribution >= 4 is 5.69 Å². The third-order valence-electron chi connectivity index (χ3n) is 3.41. The third-order valence-corrected chi connectivity index (χ3v) is 3.41. The highest BCUT2D eigenvalue weighted by Crippen LogP contribution is 2.37. The van der Waals surface area contributed by atoms with Gasteiger partial charge >= 0.3 is 0 Å². The second-order valence-corrected chi connectivity index (χ2v) is 4.59. The van der Waals surface area contributed by atoms with E-state index in [0.717, 1.165) is 29.8 Å². The van der Waals surface area contributed by atoms with E-state index in [1.54, 1.807) is 12.1 Å². The Hall–Kier alpha value is -2.03. The van der Waals surface area contributed by atoms with E-state index in [0.29, 0.717) is 0 Å². The highest BCUT2D eigenvalue weighted by Gasteiger charge is 2.22. The van der Waals surface area contributed by atoms with Gasteiger partial charge in [0, 0.05) is 18.2 Å². The van der Waals surface area contributed by atoms with Gasteiger partial charge in [-0.05, 0) is 41.8 Å². The molecule has 0 fully saturated rings. The van der Waals surface area contributed by atoms with Gasteiger partial charge in [-0.25, -0.2) is 4.39 Å². The van der Waals surface area contributed by atoms with Crippen LogP contribution in [0, 0.1) is 5.82 Å². The van der Waals surface area contributed by atoms with Gasteiger partial charge in [-0.3, -0.25) is 0 Å². The van der Waals surface area contributed by atoms with Crippen molar-refractivity contribution in [2.75, 3.05) is 11.9 Å². The molecule has 0 saturated carbocycles. The maximum atomic E-state index is 13.2. The Kier molecular flexibility index (Phi) is 2.67. The Balaban J connectivity index is 2.06. The van der Waals surface area contributed by atoms with Crippen LogP contribution in [0.25, 0.3) is 0 Å². The molecule has 2 N–H and O–H groups in total. The van der Waals surface area contributed by atoms with Crippen LogP contribution in [0.4, 0.5) is 10.1 Å². The molecule has 92 valence electrons. The van der Waals surface area contributed by atoms with Crippen LogP contribution in [0.1, 0.15) is 23.5 Å². The van der Waals surface area contributed by atoms with Crippen molar-refractivity contribution in [1.82, 2.24) is 0 Å². The number of nitrogens with one attached hydrogen (secondary N) is 1. The molecule has 1 atom stereocenters. The van der Waals surface area contributed by atoms with E-state index >= 15 is 0 Å². The zero-order valence-corrected chi connectivity index (χ0v) is 9.86. The molecule has 0 bridgehead atoms. The maximum Gasteiger partial charge on any atom is 0.125 e. The second-order valence-electron chi connectivity index (χ2n) is 4.59. The van der Waals surface area contributed by atoms with E-state index in [1.807, 2.05) is 18.2 Å². The SMILES string of the molecule is Oc1cccc(C2CCNc3cc(F)ccc32)c1. The van der Waals surface area contributed by atoms with Crippen LogP contribution >= 0.6 is 0 Å². The number of phenolic OH excluding ortho intramolecular Hbond substituents is 1. The summed E-state index contributed by atoms with van der Waals surface area (Å²) < 4.78 is 13.2. The first-order valence-electron chi connectivity index (χ1n) is 6.06. The third kappa shape index (κ3) is 1.92. The van der Waals surface area contributed by atoms with Crippen LogP contribution in [0.15, 0.2) is 42.5 Å². The first-order chi connectivity index (χ1) is 8.74. The van der Waals surface area contributed by atoms with Gasteiger partial charge in [0.2, 0.25) is 0 Å². The Bertz CT molecular complexity index is 582. The van der Waals surface area contributed by atoms with E-state index in [2.05, 4.69) is 5.32 Å². The minimum atomic E-state index is -0.224. The Morgan fingerprint density at radius 2 is 2.06 bits per heavy atom. The summed E-state index contributed by atoms with van der Waals surface area (Å²) in [6.45, 7) is 0.816. The molecule has 1 heterocycles. The lowest BCUT2D eigenvalue weighted by atomic mass is 9.85. The second kappa shape index (κ2) is 4.33. The molecule has 2 aromatic carbocycles. The van der Waals surface area contributed by atoms with Crippen LogP contribution in [0.3, 0.4) is 0 Å². The average molecular weight is 243 g/mol. The van der Waals surface area contributed by atoms with E-state index in [1.165, 1.54) is 12.1 Å². The quantitative estimate of drug-likeness (QED) is 0.803. The molecule has 2 nitrogen and oxygen atoms in total. The lowest BCUT2D eigenvalue weighted by Gasteiger charge is -2.27. The summed E-state index contributed by atoms with van der Waals surface area (Å²) in [5, 5.41) is 12.8. The van der Waals surface area contributed by atoms with Crippen molar-refractivity contribution in [3.05, 3.63) is 59.4 Å². The number of aromatic hydroxyl groups is 1. The topological polar surface area (TPSA) is 32.3 Å². The zero-order chi connectivity index (χ0) is 12.5. The fourth-order valence-electron chi connectivity index (χ4n) is 2.58. The summed E-state index contributed by atoms with van der Waals surface area (Å²) in [5.74, 6) is 0.265. The fourth-order valence-corrected chi connectivity index (χ4v) is 2.58. The molecule has 1 aliphatic heterocycles. The monoisotopic (exact) mass is 243 g/mol. The number of rotatable bonds is 1. The highest BCUT2D eigenvalue weighted by molar-refractivity contribution is 5.57. The molecule has 0 aromatic heterocycles. The van der Waals surface area contributed by atoms with Crippen molar-refractivity contribution < 1.29 is 9.50 Å². The van der Waals surface area contributed by atoms with Gasteiger partial charge in [-0.15, -0.1) is 0 Å². The standard InChI is InChI=1S/C15H14FNO/c16-11-4-5-14-13(6-7-17-15(14)9-11)10-2-1-3-12(18)8-10/h1-5,8-9,13,17-18H,6-7H2. The molecule has 3 rings (SSSR count). The molecule has 0 amide bonds. The minimum Gasteiger partial charge on any atom is -0.508 e. The molecule has 0 aliphatic carbocycles. The molecule has 0 saturated heterocycles. The number of anilines is 1. The minimum absolute atomic E-state index is 0.217. The molecule has 0 radical (unpaired) electrons. The molecule has 2 aromatic rings. The van der Waals surface area contributed by atoms with Crippen LogP contribution in [-0.4, -0.2) is 11.7 Å². The Labute approximate surface area is 105 Å². The van der Waals surface area contributed by atoms with Gasteiger partial charge in [0.05, 0.1) is 0 Å². The van der Waals surface area contributed by atoms with E-state index in [4.69, 9.17) is 0 Å². The summed E-state index contributed by atoms with van der Waals surface area (Å²) in [5.41, 5.74) is 3.02. The number of hydrogen-bond acceptors (Lipinski definition) is 2. The fraction of sp³-hybridized carbons (Fsp3) is 0.200. The van der Waals surface area contributed by atoms with Gasteiger partial charge in [0.25, 0.3) is 0 Å². The van der Waals surface area contributed by atoms with Gasteiger partial charge in [-0.2, -0.15) is 0 Å². The van der Waals surface area contributed by atoms with E-state index < -0.39 is 0 Å². The van der Waals surface area contributed by atoms with Crippen molar-refractivity contribution in [2.24, 2.45) is 0 Å². The number of hydrogen-bond donors (Lipinski definition) is 2. The lowest BCUT2D eigenvalue weighted by molar-refractivity contribution is 0.474. The van der Waals surface area contributed by atoms with Crippen LogP contribution in [0.5, 0.6) is 5.75 Å². The number of halogens is 1. The molecule has 1 aliphatic rings. The zero-order valence-electron chi connectivity index (χ0n) is 9.86. The summed E-state index contributed by atoms with van der Waals surface area (Å²) in [4.78, 5) is 0. The number of phenols is 1. The van der Waals surface area contributed by atoms with Gasteiger partial charge in [-0.1, -0.05) is 18.2 Å². The number of benzene rings is 2. The summed E-state index contributed by atoms with van der Waals surface area (Å²) in [6, 6.07) is 12.1. The highest BCUT2D eigenvalue weighted by atomic mass is 19.1. The molecular weight excluding hydrogens is 229 g/mol. The van der Waals surface area contributed by atoms with Crippen molar-refractivity contribution in [3.8, 4) is 5.75 Å². The summed E-state index contributed by atoms with van der Waals surface area (Å²) >= 11 is 0. The Morgan fingerprint density at radius 3 is 2.89 bits per heavy atom. The smallest absolute Gasteiger partial charge is 0.125 e. The molecule has 3 heteroatoms. The van der Waals surface area contributed by atoms with Crippen molar-refractivity contribution in [2.45, 2.75) is 12.3 Å². The van der Waals surface area contributed by atoms with Crippen molar-refractivity contribution in [1.29, 1.82) is 0 Å². The van der Waals surface area contributed by atoms with Crippen molar-refractivity contribution in [3.63, 3.8) is 0 Å². The molecular formula is C15H14FNO. The molecule has 18 heavy (non-hydrogen) atoms. The normalized spacial score (nSPS) is 17.9. The van der Waals surface area contributed by atoms with Crippen LogP contribution < -0.4 is 5.32 Å². The maximum absolute atomic E-state index is 13.2. The van der Waals surface area contributed by atoms with Gasteiger partial charge in [0.15, 0.2) is 0 Å². The largest absolute Gasteiger partial charge is 0.508 e. The first kappa shape index (κ1) is 11.1. The summed E-state index contributed by atoms with van der Waals surface area (Å²) in [6.07, 6.45) is 0.947. The van der Waals surface area contributed by atoms with Gasteiger partial charge in [0.1, 0.15) is 11.6 Å². The average Bonchev–Trinajstić information content (AvgIpc) is 2.37. The first-order valence-corrected chi connectivity index (χ1v) is 6.06. The Morgan fingerprint density at radius 1 is 1.17 bits per heavy atom. The number of fused-ring (bicyclic) bond motifs is 1. The van der Waals surface area contributed by atoms with E-state index in [-0.39, 0.29) is 17.5 Å². The summed E-state index contributed by atoms with van der Waals surface area (Å²) in [7, 11) is 0. The molecule has 1 unspecified atom stereocenters.